The van der Waals surface area contributed by atoms with E-state index in [1.54, 1.807) is 12.5 Å². The normalized spacial score (nSPS) is 34.0. The van der Waals surface area contributed by atoms with Crippen molar-refractivity contribution in [2.75, 3.05) is 7.05 Å². The van der Waals surface area contributed by atoms with Crippen LogP contribution in [0.2, 0.25) is 0 Å². The van der Waals surface area contributed by atoms with Crippen LogP contribution in [0.5, 0.6) is 0 Å². The van der Waals surface area contributed by atoms with E-state index in [0.717, 1.165) is 0 Å². The first-order valence-electron chi connectivity index (χ1n) is 3.44. The van der Waals surface area contributed by atoms with Gasteiger partial charge in [-0.25, -0.2) is 4.99 Å². The van der Waals surface area contributed by atoms with Gasteiger partial charge in [-0.05, 0) is 6.08 Å². The summed E-state index contributed by atoms with van der Waals surface area (Å²) in [5.74, 6) is 0. The predicted octanol–water partition coefficient (Wildman–Crippen LogP) is 0.862. The molecule has 0 saturated carbocycles. The Bertz CT molecular complexity index is 256. The molecule has 2 aliphatic heterocycles. The molecule has 0 aromatic heterocycles. The van der Waals surface area contributed by atoms with Crippen molar-refractivity contribution in [1.29, 1.82) is 0 Å². The molecule has 2 unspecified atom stereocenters. The smallest absolute Gasteiger partial charge is 0.133 e. The van der Waals surface area contributed by atoms with Crippen molar-refractivity contribution in [3.63, 3.8) is 0 Å². The van der Waals surface area contributed by atoms with Gasteiger partial charge in [0, 0.05) is 13.2 Å². The van der Waals surface area contributed by atoms with Crippen molar-refractivity contribution in [3.05, 3.63) is 12.3 Å². The Balaban J connectivity index is 2.30. The number of aliphatic imine (C=N–C) groups is 2. The van der Waals surface area contributed by atoms with Gasteiger partial charge >= 0.3 is 0 Å². The van der Waals surface area contributed by atoms with Gasteiger partial charge in [0.25, 0.3) is 0 Å². The molecule has 0 spiro atoms. The zero-order chi connectivity index (χ0) is 7.84. The molecule has 0 amide bonds. The van der Waals surface area contributed by atoms with E-state index in [4.69, 9.17) is 11.6 Å². The lowest BCUT2D eigenvalue weighted by Crippen LogP contribution is -2.36. The topological polar surface area (TPSA) is 28.0 Å². The second-order valence-electron chi connectivity index (χ2n) is 2.66. The maximum absolute atomic E-state index is 5.84. The zero-order valence-corrected chi connectivity index (χ0v) is 6.86. The van der Waals surface area contributed by atoms with Crippen molar-refractivity contribution >= 4 is 23.1 Å². The lowest BCUT2D eigenvalue weighted by atomic mass is 10.1. The summed E-state index contributed by atoms with van der Waals surface area (Å²) in [7, 11) is 1.98. The largest absolute Gasteiger partial charge is 0.357 e. The average Bonchev–Trinajstić information content (AvgIpc) is 2.35. The molecule has 2 rings (SSSR count). The Kier molecular flexibility index (Phi) is 1.46. The molecule has 3 nitrogen and oxygen atoms in total. The SMILES string of the molecule is CN1C=NC2C(Cl)=NC=CC21. The van der Waals surface area contributed by atoms with Crippen molar-refractivity contribution in [3.8, 4) is 0 Å². The Morgan fingerprint density at radius 2 is 2.45 bits per heavy atom. The van der Waals surface area contributed by atoms with Crippen LogP contribution in [0.3, 0.4) is 0 Å². The molecule has 0 fully saturated rings. The number of halogens is 1. The first kappa shape index (κ1) is 6.85. The molecule has 0 N–H and O–H groups in total. The fourth-order valence-electron chi connectivity index (χ4n) is 1.29. The Hall–Kier alpha value is -0.830. The van der Waals surface area contributed by atoms with E-state index in [1.807, 2.05) is 18.0 Å². The maximum atomic E-state index is 5.84. The van der Waals surface area contributed by atoms with Crippen molar-refractivity contribution in [2.24, 2.45) is 9.98 Å². The van der Waals surface area contributed by atoms with Crippen molar-refractivity contribution in [1.82, 2.24) is 4.90 Å². The summed E-state index contributed by atoms with van der Waals surface area (Å²) in [5, 5.41) is 0.582. The molecule has 0 aliphatic carbocycles. The number of likely N-dealkylation sites (N-methyl/N-ethyl adjacent to an activating group) is 1. The summed E-state index contributed by atoms with van der Waals surface area (Å²) >= 11 is 5.84. The number of nitrogens with zero attached hydrogens (tertiary/aromatic N) is 3. The summed E-state index contributed by atoms with van der Waals surface area (Å²) < 4.78 is 0. The van der Waals surface area contributed by atoms with Gasteiger partial charge in [-0.2, -0.15) is 0 Å². The quantitative estimate of drug-likeness (QED) is 0.529. The minimum atomic E-state index is 0.0340. The van der Waals surface area contributed by atoms with Gasteiger partial charge in [0.1, 0.15) is 11.2 Å². The zero-order valence-electron chi connectivity index (χ0n) is 6.11. The molecule has 0 aromatic rings. The van der Waals surface area contributed by atoms with Crippen LogP contribution < -0.4 is 0 Å². The number of fused-ring (bicyclic) bond motifs is 1. The Morgan fingerprint density at radius 1 is 1.64 bits per heavy atom. The predicted molar refractivity (Wildman–Crippen MR) is 46.3 cm³/mol. The van der Waals surface area contributed by atoms with Gasteiger partial charge in [-0.15, -0.1) is 0 Å². The van der Waals surface area contributed by atoms with E-state index < -0.39 is 0 Å². The Labute approximate surface area is 70.1 Å². The first-order chi connectivity index (χ1) is 5.29. The van der Waals surface area contributed by atoms with E-state index >= 15 is 0 Å². The van der Waals surface area contributed by atoms with Crippen LogP contribution in [-0.2, 0) is 0 Å². The van der Waals surface area contributed by atoms with Crippen molar-refractivity contribution < 1.29 is 0 Å². The molecule has 0 radical (unpaired) electrons. The minimum absolute atomic E-state index is 0.0340. The molecular formula is C7H8ClN3. The molecule has 11 heavy (non-hydrogen) atoms. The van der Waals surface area contributed by atoms with Gasteiger partial charge in [0.05, 0.1) is 12.4 Å². The van der Waals surface area contributed by atoms with Crippen LogP contribution >= 0.6 is 11.6 Å². The third-order valence-corrected chi connectivity index (χ3v) is 2.25. The third kappa shape index (κ3) is 0.959. The Morgan fingerprint density at radius 3 is 3.18 bits per heavy atom. The van der Waals surface area contributed by atoms with Crippen LogP contribution in [0.15, 0.2) is 22.3 Å². The van der Waals surface area contributed by atoms with E-state index in [2.05, 4.69) is 9.98 Å². The maximum Gasteiger partial charge on any atom is 0.133 e. The number of rotatable bonds is 0. The molecule has 2 atom stereocenters. The highest BCUT2D eigenvalue weighted by molar-refractivity contribution is 6.67. The van der Waals surface area contributed by atoms with Gasteiger partial charge in [-0.3, -0.25) is 4.99 Å². The van der Waals surface area contributed by atoms with Crippen LogP contribution in [0.1, 0.15) is 0 Å². The molecular weight excluding hydrogens is 162 g/mol. The highest BCUT2D eigenvalue weighted by Crippen LogP contribution is 2.19. The van der Waals surface area contributed by atoms with E-state index in [0.29, 0.717) is 5.17 Å². The first-order valence-corrected chi connectivity index (χ1v) is 3.82. The standard InChI is InChI=1S/C7H8ClN3/c1-11-4-10-6-5(11)2-3-9-7(6)8/h2-6H,1H3. The van der Waals surface area contributed by atoms with E-state index in [-0.39, 0.29) is 12.1 Å². The molecule has 0 saturated heterocycles. The highest BCUT2D eigenvalue weighted by Gasteiger charge is 2.31. The average molecular weight is 170 g/mol. The van der Waals surface area contributed by atoms with Gasteiger partial charge < -0.3 is 4.90 Å². The van der Waals surface area contributed by atoms with Crippen LogP contribution in [-0.4, -0.2) is 35.5 Å². The summed E-state index contributed by atoms with van der Waals surface area (Å²) in [4.78, 5) is 10.2. The fourth-order valence-corrected chi connectivity index (χ4v) is 1.53. The molecule has 0 bridgehead atoms. The lowest BCUT2D eigenvalue weighted by molar-refractivity contribution is 0.454. The number of hydrogen-bond acceptors (Lipinski definition) is 3. The monoisotopic (exact) mass is 169 g/mol. The second-order valence-corrected chi connectivity index (χ2v) is 3.05. The molecule has 58 valence electrons. The fraction of sp³-hybridized carbons (Fsp3) is 0.429. The second kappa shape index (κ2) is 2.34. The van der Waals surface area contributed by atoms with Gasteiger partial charge in [-0.1, -0.05) is 11.6 Å². The minimum Gasteiger partial charge on any atom is -0.357 e. The molecule has 4 heteroatoms. The summed E-state index contributed by atoms with van der Waals surface area (Å²) in [6, 6.07) is 0.312. The van der Waals surface area contributed by atoms with E-state index in [9.17, 15) is 0 Å². The van der Waals surface area contributed by atoms with Crippen LogP contribution in [0.4, 0.5) is 0 Å². The van der Waals surface area contributed by atoms with E-state index in [1.165, 1.54) is 0 Å². The third-order valence-electron chi connectivity index (χ3n) is 1.93. The summed E-state index contributed by atoms with van der Waals surface area (Å²) in [6.07, 6.45) is 5.53. The highest BCUT2D eigenvalue weighted by atomic mass is 35.5. The van der Waals surface area contributed by atoms with Gasteiger partial charge in [0.2, 0.25) is 0 Å². The van der Waals surface area contributed by atoms with Crippen LogP contribution in [0.25, 0.3) is 0 Å². The summed E-state index contributed by atoms with van der Waals surface area (Å²) in [5.41, 5.74) is 0. The van der Waals surface area contributed by atoms with Crippen LogP contribution in [0, 0.1) is 0 Å². The molecule has 2 aliphatic rings. The molecule has 0 aromatic carbocycles. The van der Waals surface area contributed by atoms with Gasteiger partial charge in [0.15, 0.2) is 0 Å². The molecule has 2 heterocycles. The lowest BCUT2D eigenvalue weighted by Gasteiger charge is -2.22. The number of hydrogen-bond donors (Lipinski definition) is 0. The summed E-state index contributed by atoms with van der Waals surface area (Å²) in [6.45, 7) is 0. The van der Waals surface area contributed by atoms with Crippen molar-refractivity contribution in [2.45, 2.75) is 12.1 Å².